The van der Waals surface area contributed by atoms with Gasteiger partial charge in [-0.05, 0) is 39.7 Å². The van der Waals surface area contributed by atoms with Gasteiger partial charge in [0.15, 0.2) is 0 Å². The van der Waals surface area contributed by atoms with E-state index < -0.39 is 5.60 Å². The highest BCUT2D eigenvalue weighted by Gasteiger charge is 2.27. The molecule has 0 radical (unpaired) electrons. The highest BCUT2D eigenvalue weighted by atomic mass is 16.3. The van der Waals surface area contributed by atoms with Crippen LogP contribution in [0.1, 0.15) is 45.4 Å². The van der Waals surface area contributed by atoms with Crippen LogP contribution in [0.2, 0.25) is 0 Å². The second kappa shape index (κ2) is 4.61. The maximum atomic E-state index is 9.89. The topological polar surface area (TPSA) is 49.2 Å². The molecule has 0 atom stereocenters. The lowest BCUT2D eigenvalue weighted by Gasteiger charge is -2.29. The van der Waals surface area contributed by atoms with Gasteiger partial charge in [0, 0.05) is 25.2 Å². The lowest BCUT2D eigenvalue weighted by molar-refractivity contribution is 0.0874. The molecular weight excluding hydrogens is 214 g/mol. The molecule has 0 amide bonds. The summed E-state index contributed by atoms with van der Waals surface area (Å²) in [4.78, 5) is 11.0. The molecule has 4 nitrogen and oxygen atoms in total. The van der Waals surface area contributed by atoms with Crippen molar-refractivity contribution in [2.45, 2.75) is 45.1 Å². The summed E-state index contributed by atoms with van der Waals surface area (Å²) < 4.78 is 0. The molecule has 2 rings (SSSR count). The van der Waals surface area contributed by atoms with E-state index in [0.29, 0.717) is 12.5 Å². The van der Waals surface area contributed by atoms with Gasteiger partial charge < -0.3 is 10.0 Å². The molecule has 1 aromatic heterocycles. The fourth-order valence-electron chi connectivity index (χ4n) is 1.90. The lowest BCUT2D eigenvalue weighted by atomic mass is 10.1. The van der Waals surface area contributed by atoms with E-state index in [9.17, 15) is 5.11 Å². The van der Waals surface area contributed by atoms with Crippen molar-refractivity contribution >= 4 is 5.82 Å². The maximum Gasteiger partial charge on any atom is 0.133 e. The molecule has 0 saturated heterocycles. The number of aliphatic hydroxyl groups is 1. The Morgan fingerprint density at radius 3 is 2.71 bits per heavy atom. The molecule has 1 saturated carbocycles. The predicted molar refractivity (Wildman–Crippen MR) is 68.2 cm³/mol. The van der Waals surface area contributed by atoms with E-state index in [4.69, 9.17) is 0 Å². The van der Waals surface area contributed by atoms with Crippen LogP contribution in [0.25, 0.3) is 0 Å². The Labute approximate surface area is 103 Å². The number of rotatable bonds is 5. The Kier molecular flexibility index (Phi) is 3.33. The minimum Gasteiger partial charge on any atom is -0.389 e. The summed E-state index contributed by atoms with van der Waals surface area (Å²) in [6.45, 7) is 7.14. The van der Waals surface area contributed by atoms with Crippen LogP contribution in [-0.4, -0.2) is 33.8 Å². The third kappa shape index (κ3) is 3.40. The molecule has 1 fully saturated rings. The molecule has 1 aromatic rings. The van der Waals surface area contributed by atoms with Crippen molar-refractivity contribution in [1.29, 1.82) is 0 Å². The van der Waals surface area contributed by atoms with Crippen LogP contribution in [0.3, 0.4) is 0 Å². The zero-order valence-electron chi connectivity index (χ0n) is 10.8. The van der Waals surface area contributed by atoms with E-state index in [1.807, 2.05) is 26.1 Å². The second-order valence-electron chi connectivity index (χ2n) is 5.37. The van der Waals surface area contributed by atoms with Crippen molar-refractivity contribution in [3.05, 3.63) is 18.1 Å². The number of likely N-dealkylation sites (N-methyl/N-ethyl adjacent to an activating group) is 1. The maximum absolute atomic E-state index is 9.89. The molecule has 1 N–H and O–H groups in total. The van der Waals surface area contributed by atoms with Gasteiger partial charge in [0.1, 0.15) is 11.6 Å². The van der Waals surface area contributed by atoms with Gasteiger partial charge in [-0.15, -0.1) is 0 Å². The molecule has 0 aliphatic heterocycles. The SMILES string of the molecule is CCN(CC(C)(C)O)c1ccnc(C2CC2)n1. The van der Waals surface area contributed by atoms with Gasteiger partial charge in [-0.1, -0.05) is 0 Å². The van der Waals surface area contributed by atoms with Gasteiger partial charge in [0.05, 0.1) is 5.60 Å². The van der Waals surface area contributed by atoms with Crippen LogP contribution < -0.4 is 4.90 Å². The van der Waals surface area contributed by atoms with Crippen LogP contribution in [0.5, 0.6) is 0 Å². The molecule has 0 unspecified atom stereocenters. The summed E-state index contributed by atoms with van der Waals surface area (Å²) in [6, 6.07) is 1.92. The Bertz CT molecular complexity index is 382. The summed E-state index contributed by atoms with van der Waals surface area (Å²) in [6.07, 6.45) is 4.24. The molecular formula is C13H21N3O. The number of aromatic nitrogens is 2. The standard InChI is InChI=1S/C13H21N3O/c1-4-16(9-13(2,3)17)11-7-8-14-12(15-11)10-5-6-10/h7-8,10,17H,4-6,9H2,1-3H3. The number of hydrogen-bond donors (Lipinski definition) is 1. The van der Waals surface area contributed by atoms with E-state index in [1.54, 1.807) is 0 Å². The molecule has 0 bridgehead atoms. The van der Waals surface area contributed by atoms with Crippen LogP contribution >= 0.6 is 0 Å². The molecule has 94 valence electrons. The van der Waals surface area contributed by atoms with Gasteiger partial charge >= 0.3 is 0 Å². The normalized spacial score (nSPS) is 16.0. The Hall–Kier alpha value is -1.16. The van der Waals surface area contributed by atoms with E-state index >= 15 is 0 Å². The van der Waals surface area contributed by atoms with Crippen LogP contribution in [0.15, 0.2) is 12.3 Å². The zero-order valence-corrected chi connectivity index (χ0v) is 10.8. The second-order valence-corrected chi connectivity index (χ2v) is 5.37. The molecule has 0 aromatic carbocycles. The largest absolute Gasteiger partial charge is 0.389 e. The van der Waals surface area contributed by atoms with E-state index in [1.165, 1.54) is 12.8 Å². The first-order valence-corrected chi connectivity index (χ1v) is 6.30. The third-order valence-electron chi connectivity index (χ3n) is 2.89. The lowest BCUT2D eigenvalue weighted by Crippen LogP contribution is -2.39. The summed E-state index contributed by atoms with van der Waals surface area (Å²) in [5.41, 5.74) is -0.708. The van der Waals surface area contributed by atoms with Gasteiger partial charge in [-0.25, -0.2) is 9.97 Å². The Balaban J connectivity index is 2.15. The summed E-state index contributed by atoms with van der Waals surface area (Å²) >= 11 is 0. The van der Waals surface area contributed by atoms with Crippen molar-refractivity contribution in [3.63, 3.8) is 0 Å². The molecule has 4 heteroatoms. The first-order valence-electron chi connectivity index (χ1n) is 6.30. The van der Waals surface area contributed by atoms with Crippen LogP contribution in [-0.2, 0) is 0 Å². The molecule has 17 heavy (non-hydrogen) atoms. The Morgan fingerprint density at radius 1 is 1.47 bits per heavy atom. The molecule has 1 aliphatic carbocycles. The molecule has 1 heterocycles. The van der Waals surface area contributed by atoms with Crippen molar-refractivity contribution in [1.82, 2.24) is 9.97 Å². The average Bonchev–Trinajstić information content (AvgIpc) is 3.08. The smallest absolute Gasteiger partial charge is 0.133 e. The quantitative estimate of drug-likeness (QED) is 0.847. The monoisotopic (exact) mass is 235 g/mol. The van der Waals surface area contributed by atoms with Gasteiger partial charge in [-0.3, -0.25) is 0 Å². The van der Waals surface area contributed by atoms with E-state index in [2.05, 4.69) is 21.8 Å². The fourth-order valence-corrected chi connectivity index (χ4v) is 1.90. The highest BCUT2D eigenvalue weighted by Crippen LogP contribution is 2.38. The summed E-state index contributed by atoms with van der Waals surface area (Å²) in [5.74, 6) is 2.44. The van der Waals surface area contributed by atoms with Crippen LogP contribution in [0, 0.1) is 0 Å². The van der Waals surface area contributed by atoms with Gasteiger partial charge in [0.2, 0.25) is 0 Å². The molecule has 1 aliphatic rings. The van der Waals surface area contributed by atoms with Crippen molar-refractivity contribution in [3.8, 4) is 0 Å². The zero-order chi connectivity index (χ0) is 12.5. The van der Waals surface area contributed by atoms with E-state index in [-0.39, 0.29) is 0 Å². The van der Waals surface area contributed by atoms with Gasteiger partial charge in [0.25, 0.3) is 0 Å². The summed E-state index contributed by atoms with van der Waals surface area (Å²) in [5, 5.41) is 9.89. The Morgan fingerprint density at radius 2 is 2.18 bits per heavy atom. The van der Waals surface area contributed by atoms with Crippen molar-refractivity contribution in [2.75, 3.05) is 18.0 Å². The minimum absolute atomic E-state index is 0.566. The van der Waals surface area contributed by atoms with Gasteiger partial charge in [-0.2, -0.15) is 0 Å². The first kappa shape index (κ1) is 12.3. The number of nitrogens with zero attached hydrogens (tertiary/aromatic N) is 3. The first-order chi connectivity index (χ1) is 7.99. The van der Waals surface area contributed by atoms with Crippen LogP contribution in [0.4, 0.5) is 5.82 Å². The predicted octanol–water partition coefficient (Wildman–Crippen LogP) is 1.95. The summed E-state index contributed by atoms with van der Waals surface area (Å²) in [7, 11) is 0. The number of anilines is 1. The average molecular weight is 235 g/mol. The highest BCUT2D eigenvalue weighted by molar-refractivity contribution is 5.38. The van der Waals surface area contributed by atoms with E-state index in [0.717, 1.165) is 18.2 Å². The third-order valence-corrected chi connectivity index (χ3v) is 2.89. The number of hydrogen-bond acceptors (Lipinski definition) is 4. The van der Waals surface area contributed by atoms with Crippen molar-refractivity contribution in [2.24, 2.45) is 0 Å². The molecule has 0 spiro atoms. The van der Waals surface area contributed by atoms with Crippen molar-refractivity contribution < 1.29 is 5.11 Å². The fraction of sp³-hybridized carbons (Fsp3) is 0.692. The minimum atomic E-state index is -0.708.